The van der Waals surface area contributed by atoms with E-state index in [9.17, 15) is 0 Å². The van der Waals surface area contributed by atoms with Crippen molar-refractivity contribution in [2.45, 2.75) is 6.04 Å². The minimum Gasteiger partial charge on any atom is -0.323 e. The van der Waals surface area contributed by atoms with Crippen LogP contribution in [0.5, 0.6) is 0 Å². The fraction of sp³-hybridized carbons (Fsp3) is 0.167. The summed E-state index contributed by atoms with van der Waals surface area (Å²) in [5.41, 5.74) is 7.05. The number of halogens is 1. The van der Waals surface area contributed by atoms with E-state index in [-0.39, 0.29) is 6.04 Å². The zero-order chi connectivity index (χ0) is 9.97. The van der Waals surface area contributed by atoms with Crippen LogP contribution < -0.4 is 5.73 Å². The second-order valence-electron chi connectivity index (χ2n) is 3.33. The lowest BCUT2D eigenvalue weighted by Crippen LogP contribution is -2.11. The molecule has 0 saturated heterocycles. The molecule has 1 unspecified atom stereocenters. The predicted molar refractivity (Wildman–Crippen MR) is 61.6 cm³/mol. The van der Waals surface area contributed by atoms with Gasteiger partial charge >= 0.3 is 0 Å². The first-order valence-corrected chi connectivity index (χ1v) is 5.15. The van der Waals surface area contributed by atoms with Crippen molar-refractivity contribution >= 4 is 22.4 Å². The average molecular weight is 206 g/mol. The molecular formula is C12H12ClN. The molecule has 0 bridgehead atoms. The molecule has 1 nitrogen and oxygen atoms in total. The van der Waals surface area contributed by atoms with Crippen LogP contribution in [0.25, 0.3) is 10.8 Å². The number of hydrogen-bond acceptors (Lipinski definition) is 1. The van der Waals surface area contributed by atoms with Gasteiger partial charge in [-0.25, -0.2) is 0 Å². The van der Waals surface area contributed by atoms with Crippen LogP contribution in [0.4, 0.5) is 0 Å². The summed E-state index contributed by atoms with van der Waals surface area (Å²) in [5.74, 6) is 0.452. The zero-order valence-corrected chi connectivity index (χ0v) is 8.54. The topological polar surface area (TPSA) is 26.0 Å². The van der Waals surface area contributed by atoms with Crippen molar-refractivity contribution in [3.8, 4) is 0 Å². The minimum atomic E-state index is -0.0808. The third kappa shape index (κ3) is 1.61. The van der Waals surface area contributed by atoms with E-state index >= 15 is 0 Å². The standard InChI is InChI=1S/C12H12ClN/c13-8-12(14)11-7-3-5-9-4-1-2-6-10(9)11/h1-7,12H,8,14H2. The monoisotopic (exact) mass is 205 g/mol. The Morgan fingerprint density at radius 1 is 1.07 bits per heavy atom. The molecule has 2 heteroatoms. The van der Waals surface area contributed by atoms with Gasteiger partial charge in [0.1, 0.15) is 0 Å². The Bertz CT molecular complexity index is 434. The van der Waals surface area contributed by atoms with Crippen LogP contribution in [-0.4, -0.2) is 5.88 Å². The van der Waals surface area contributed by atoms with E-state index < -0.39 is 0 Å². The van der Waals surface area contributed by atoms with Crippen LogP contribution in [-0.2, 0) is 0 Å². The SMILES string of the molecule is NC(CCl)c1cccc2ccccc12. The maximum atomic E-state index is 5.93. The second-order valence-corrected chi connectivity index (χ2v) is 3.64. The summed E-state index contributed by atoms with van der Waals surface area (Å²) in [7, 11) is 0. The lowest BCUT2D eigenvalue weighted by Gasteiger charge is -2.11. The van der Waals surface area contributed by atoms with Crippen molar-refractivity contribution in [2.75, 3.05) is 5.88 Å². The van der Waals surface area contributed by atoms with Gasteiger partial charge in [-0.2, -0.15) is 0 Å². The Hall–Kier alpha value is -1.05. The molecule has 0 spiro atoms. The van der Waals surface area contributed by atoms with Crippen molar-refractivity contribution in [2.24, 2.45) is 5.73 Å². The molecule has 0 fully saturated rings. The van der Waals surface area contributed by atoms with Crippen molar-refractivity contribution in [1.29, 1.82) is 0 Å². The summed E-state index contributed by atoms with van der Waals surface area (Å²) in [4.78, 5) is 0. The van der Waals surface area contributed by atoms with Gasteiger partial charge in [-0.15, -0.1) is 11.6 Å². The smallest absolute Gasteiger partial charge is 0.0438 e. The van der Waals surface area contributed by atoms with Crippen LogP contribution in [0, 0.1) is 0 Å². The number of fused-ring (bicyclic) bond motifs is 1. The van der Waals surface area contributed by atoms with E-state index in [1.165, 1.54) is 10.8 Å². The Morgan fingerprint density at radius 2 is 1.79 bits per heavy atom. The molecule has 0 amide bonds. The fourth-order valence-corrected chi connectivity index (χ4v) is 1.82. The summed E-state index contributed by atoms with van der Waals surface area (Å²) < 4.78 is 0. The number of hydrogen-bond donors (Lipinski definition) is 1. The highest BCUT2D eigenvalue weighted by Crippen LogP contribution is 2.23. The third-order valence-corrected chi connectivity index (χ3v) is 2.72. The van der Waals surface area contributed by atoms with Crippen LogP contribution in [0.3, 0.4) is 0 Å². The van der Waals surface area contributed by atoms with Gasteiger partial charge in [-0.1, -0.05) is 42.5 Å². The van der Waals surface area contributed by atoms with E-state index in [1.54, 1.807) is 0 Å². The van der Waals surface area contributed by atoms with E-state index in [2.05, 4.69) is 18.2 Å². The molecule has 2 rings (SSSR count). The van der Waals surface area contributed by atoms with Gasteiger partial charge in [-0.3, -0.25) is 0 Å². The first-order chi connectivity index (χ1) is 6.83. The highest BCUT2D eigenvalue weighted by Gasteiger charge is 2.07. The van der Waals surface area contributed by atoms with E-state index in [0.29, 0.717) is 5.88 Å². The summed E-state index contributed by atoms with van der Waals surface area (Å²) >= 11 is 5.76. The van der Waals surface area contributed by atoms with Gasteiger partial charge in [-0.05, 0) is 16.3 Å². The van der Waals surface area contributed by atoms with Crippen molar-refractivity contribution in [3.05, 3.63) is 48.0 Å². The second kappa shape index (κ2) is 3.99. The molecule has 2 aromatic rings. The first-order valence-electron chi connectivity index (χ1n) is 4.62. The van der Waals surface area contributed by atoms with Crippen molar-refractivity contribution in [1.82, 2.24) is 0 Å². The Kier molecular flexibility index (Phi) is 2.71. The lowest BCUT2D eigenvalue weighted by molar-refractivity contribution is 0.835. The molecule has 2 aromatic carbocycles. The largest absolute Gasteiger partial charge is 0.323 e. The highest BCUT2D eigenvalue weighted by molar-refractivity contribution is 6.18. The van der Waals surface area contributed by atoms with Gasteiger partial charge in [0.15, 0.2) is 0 Å². The van der Waals surface area contributed by atoms with E-state index in [1.807, 2.05) is 24.3 Å². The molecule has 14 heavy (non-hydrogen) atoms. The molecule has 0 aliphatic carbocycles. The molecule has 2 N–H and O–H groups in total. The summed E-state index contributed by atoms with van der Waals surface area (Å²) in [6.45, 7) is 0. The summed E-state index contributed by atoms with van der Waals surface area (Å²) in [5, 5.41) is 2.41. The Labute approximate surface area is 88.5 Å². The van der Waals surface area contributed by atoms with Gasteiger partial charge in [0, 0.05) is 11.9 Å². The maximum absolute atomic E-state index is 5.93. The van der Waals surface area contributed by atoms with Gasteiger partial charge in [0.2, 0.25) is 0 Å². The molecular weight excluding hydrogens is 194 g/mol. The van der Waals surface area contributed by atoms with E-state index in [4.69, 9.17) is 17.3 Å². The molecule has 1 atom stereocenters. The van der Waals surface area contributed by atoms with Gasteiger partial charge in [0.25, 0.3) is 0 Å². The molecule has 0 aromatic heterocycles. The summed E-state index contributed by atoms with van der Waals surface area (Å²) in [6, 6.07) is 14.3. The normalized spacial score (nSPS) is 13.0. The van der Waals surface area contributed by atoms with Crippen LogP contribution >= 0.6 is 11.6 Å². The van der Waals surface area contributed by atoms with Crippen LogP contribution in [0.15, 0.2) is 42.5 Å². The quantitative estimate of drug-likeness (QED) is 0.750. The molecule has 0 aliphatic rings. The zero-order valence-electron chi connectivity index (χ0n) is 7.78. The highest BCUT2D eigenvalue weighted by atomic mass is 35.5. The molecule has 72 valence electrons. The Balaban J connectivity index is 2.65. The van der Waals surface area contributed by atoms with Crippen molar-refractivity contribution < 1.29 is 0 Å². The number of rotatable bonds is 2. The lowest BCUT2D eigenvalue weighted by atomic mass is 10.0. The molecule has 0 heterocycles. The van der Waals surface area contributed by atoms with Gasteiger partial charge in [0.05, 0.1) is 0 Å². The number of nitrogens with two attached hydrogens (primary N) is 1. The number of benzene rings is 2. The third-order valence-electron chi connectivity index (χ3n) is 2.39. The predicted octanol–water partition coefficient (Wildman–Crippen LogP) is 3.08. The van der Waals surface area contributed by atoms with Crippen LogP contribution in [0.2, 0.25) is 0 Å². The molecule has 0 radical (unpaired) electrons. The Morgan fingerprint density at radius 3 is 2.57 bits per heavy atom. The van der Waals surface area contributed by atoms with E-state index in [0.717, 1.165) is 5.56 Å². The maximum Gasteiger partial charge on any atom is 0.0438 e. The minimum absolute atomic E-state index is 0.0808. The molecule has 0 saturated carbocycles. The van der Waals surface area contributed by atoms with Crippen molar-refractivity contribution in [3.63, 3.8) is 0 Å². The summed E-state index contributed by atoms with van der Waals surface area (Å²) in [6.07, 6.45) is 0. The first kappa shape index (κ1) is 9.50. The average Bonchev–Trinajstić information content (AvgIpc) is 2.27. The van der Waals surface area contributed by atoms with Crippen LogP contribution in [0.1, 0.15) is 11.6 Å². The van der Waals surface area contributed by atoms with Gasteiger partial charge < -0.3 is 5.73 Å². The number of alkyl halides is 1. The fourth-order valence-electron chi connectivity index (χ4n) is 1.66. The molecule has 0 aliphatic heterocycles.